The lowest BCUT2D eigenvalue weighted by Gasteiger charge is -2.21. The van der Waals surface area contributed by atoms with Gasteiger partial charge in [-0.3, -0.25) is 0 Å². The fourth-order valence-electron chi connectivity index (χ4n) is 3.16. The van der Waals surface area contributed by atoms with Gasteiger partial charge in [0.1, 0.15) is 5.82 Å². The number of urea groups is 1. The average Bonchev–Trinajstić information content (AvgIpc) is 3.50. The third kappa shape index (κ3) is 6.83. The van der Waals surface area contributed by atoms with E-state index in [-0.39, 0.29) is 6.03 Å². The number of hydrogen-bond donors (Lipinski definition) is 2. The Bertz CT molecular complexity index is 537. The molecule has 1 aromatic rings. The second-order valence-corrected chi connectivity index (χ2v) is 7.41. The van der Waals surface area contributed by atoms with Gasteiger partial charge >= 0.3 is 6.03 Å². The molecule has 26 heavy (non-hydrogen) atoms. The molecule has 2 N–H and O–H groups in total. The largest absolute Gasteiger partial charge is 0.381 e. The van der Waals surface area contributed by atoms with Gasteiger partial charge in [-0.05, 0) is 49.7 Å². The molecule has 0 unspecified atom stereocenters. The van der Waals surface area contributed by atoms with Crippen LogP contribution in [0.5, 0.6) is 0 Å². The summed E-state index contributed by atoms with van der Waals surface area (Å²) in [5.74, 6) is 1.84. The maximum Gasteiger partial charge on any atom is 0.315 e. The van der Waals surface area contributed by atoms with E-state index in [2.05, 4.69) is 32.7 Å². The molecule has 2 aliphatic rings. The molecule has 0 radical (unpaired) electrons. The van der Waals surface area contributed by atoms with Crippen molar-refractivity contribution >= 4 is 11.8 Å². The minimum absolute atomic E-state index is 0.135. The van der Waals surface area contributed by atoms with Gasteiger partial charge in [0.2, 0.25) is 0 Å². The Hall–Kier alpha value is -1.82. The van der Waals surface area contributed by atoms with E-state index in [0.717, 1.165) is 50.0 Å². The van der Waals surface area contributed by atoms with E-state index in [0.29, 0.717) is 13.1 Å². The second-order valence-electron chi connectivity index (χ2n) is 7.41. The lowest BCUT2D eigenvalue weighted by atomic mass is 10.2. The molecule has 6 heteroatoms. The maximum absolute atomic E-state index is 11.8. The Kier molecular flexibility index (Phi) is 7.55. The standard InChI is InChI=1S/C20H32N4O2/c25-20(21-10-5-13-26-16-17-6-7-17)23-15-18-8-9-19(22-14-18)24-11-3-1-2-4-12-24/h8-9,14,17H,1-7,10-13,15-16H2,(H2,21,23,25). The maximum atomic E-state index is 11.8. The number of carbonyl (C=O) groups is 1. The van der Waals surface area contributed by atoms with Gasteiger partial charge in [0, 0.05) is 45.6 Å². The highest BCUT2D eigenvalue weighted by atomic mass is 16.5. The molecule has 1 aliphatic carbocycles. The number of rotatable bonds is 9. The molecule has 1 saturated carbocycles. The van der Waals surface area contributed by atoms with E-state index in [9.17, 15) is 4.79 Å². The van der Waals surface area contributed by atoms with Crippen LogP contribution in [-0.2, 0) is 11.3 Å². The molecule has 2 heterocycles. The average molecular weight is 361 g/mol. The van der Waals surface area contributed by atoms with Crippen LogP contribution < -0.4 is 15.5 Å². The lowest BCUT2D eigenvalue weighted by Crippen LogP contribution is -2.36. The van der Waals surface area contributed by atoms with E-state index >= 15 is 0 Å². The van der Waals surface area contributed by atoms with Gasteiger partial charge in [0.05, 0.1) is 0 Å². The summed E-state index contributed by atoms with van der Waals surface area (Å²) in [6.45, 7) is 4.93. The van der Waals surface area contributed by atoms with Crippen molar-refractivity contribution in [2.75, 3.05) is 37.7 Å². The quantitative estimate of drug-likeness (QED) is 0.664. The molecule has 1 aromatic heterocycles. The highest BCUT2D eigenvalue weighted by Crippen LogP contribution is 2.28. The highest BCUT2D eigenvalue weighted by molar-refractivity contribution is 5.73. The van der Waals surface area contributed by atoms with Crippen LogP contribution in [-0.4, -0.2) is 43.9 Å². The molecule has 2 fully saturated rings. The summed E-state index contributed by atoms with van der Waals surface area (Å²) in [4.78, 5) is 18.8. The SMILES string of the molecule is O=C(NCCCOCC1CC1)NCc1ccc(N2CCCCCC2)nc1. The molecule has 144 valence electrons. The first-order valence-corrected chi connectivity index (χ1v) is 10.1. The zero-order chi connectivity index (χ0) is 18.0. The molecule has 0 atom stereocenters. The van der Waals surface area contributed by atoms with E-state index in [1.807, 2.05) is 6.20 Å². The Morgan fingerprint density at radius 3 is 2.65 bits per heavy atom. The molecule has 3 rings (SSSR count). The van der Waals surface area contributed by atoms with Crippen LogP contribution in [0.15, 0.2) is 18.3 Å². The molecular weight excluding hydrogens is 328 g/mol. The van der Waals surface area contributed by atoms with Crippen LogP contribution in [0.4, 0.5) is 10.6 Å². The number of nitrogens with zero attached hydrogens (tertiary/aromatic N) is 2. The monoisotopic (exact) mass is 360 g/mol. The molecule has 6 nitrogen and oxygen atoms in total. The molecule has 1 aliphatic heterocycles. The van der Waals surface area contributed by atoms with Crippen LogP contribution in [0, 0.1) is 5.92 Å². The molecule has 0 bridgehead atoms. The van der Waals surface area contributed by atoms with Crippen molar-refractivity contribution in [3.8, 4) is 0 Å². The minimum Gasteiger partial charge on any atom is -0.381 e. The summed E-state index contributed by atoms with van der Waals surface area (Å²) in [6.07, 6.45) is 10.5. The summed E-state index contributed by atoms with van der Waals surface area (Å²) in [5.41, 5.74) is 1.02. The molecule has 0 aromatic carbocycles. The smallest absolute Gasteiger partial charge is 0.315 e. The van der Waals surface area contributed by atoms with Crippen LogP contribution in [0.1, 0.15) is 50.5 Å². The van der Waals surface area contributed by atoms with Gasteiger partial charge in [0.15, 0.2) is 0 Å². The van der Waals surface area contributed by atoms with Crippen molar-refractivity contribution in [1.82, 2.24) is 15.6 Å². The Labute approximate surface area is 156 Å². The van der Waals surface area contributed by atoms with Crippen molar-refractivity contribution in [2.24, 2.45) is 5.92 Å². The van der Waals surface area contributed by atoms with Gasteiger partial charge in [-0.25, -0.2) is 9.78 Å². The van der Waals surface area contributed by atoms with Crippen molar-refractivity contribution < 1.29 is 9.53 Å². The molecule has 2 amide bonds. The zero-order valence-electron chi connectivity index (χ0n) is 15.7. The van der Waals surface area contributed by atoms with E-state index < -0.39 is 0 Å². The predicted molar refractivity (Wildman–Crippen MR) is 103 cm³/mol. The van der Waals surface area contributed by atoms with Crippen molar-refractivity contribution in [2.45, 2.75) is 51.5 Å². The van der Waals surface area contributed by atoms with Crippen molar-refractivity contribution in [1.29, 1.82) is 0 Å². The first kappa shape index (κ1) is 19.0. The van der Waals surface area contributed by atoms with Crippen LogP contribution >= 0.6 is 0 Å². The van der Waals surface area contributed by atoms with Crippen molar-refractivity contribution in [3.05, 3.63) is 23.9 Å². The first-order valence-electron chi connectivity index (χ1n) is 10.1. The van der Waals surface area contributed by atoms with E-state index in [4.69, 9.17) is 4.74 Å². The van der Waals surface area contributed by atoms with Crippen LogP contribution in [0.2, 0.25) is 0 Å². The summed E-state index contributed by atoms with van der Waals surface area (Å²) in [7, 11) is 0. The van der Waals surface area contributed by atoms with E-state index in [1.165, 1.54) is 38.5 Å². The first-order chi connectivity index (χ1) is 12.8. The van der Waals surface area contributed by atoms with Crippen LogP contribution in [0.25, 0.3) is 0 Å². The number of anilines is 1. The van der Waals surface area contributed by atoms with Gasteiger partial charge in [-0.15, -0.1) is 0 Å². The number of aromatic nitrogens is 1. The summed E-state index contributed by atoms with van der Waals surface area (Å²) >= 11 is 0. The number of amides is 2. The topological polar surface area (TPSA) is 66.5 Å². The fraction of sp³-hybridized carbons (Fsp3) is 0.700. The second kappa shape index (κ2) is 10.4. The normalized spacial score (nSPS) is 17.6. The Morgan fingerprint density at radius 2 is 1.96 bits per heavy atom. The number of carbonyl (C=O) groups excluding carboxylic acids is 1. The number of nitrogens with one attached hydrogen (secondary N) is 2. The fourth-order valence-corrected chi connectivity index (χ4v) is 3.16. The Balaban J connectivity index is 1.29. The zero-order valence-corrected chi connectivity index (χ0v) is 15.7. The number of hydrogen-bond acceptors (Lipinski definition) is 4. The lowest BCUT2D eigenvalue weighted by molar-refractivity contribution is 0.122. The van der Waals surface area contributed by atoms with Gasteiger partial charge in [0.25, 0.3) is 0 Å². The van der Waals surface area contributed by atoms with Crippen molar-refractivity contribution in [3.63, 3.8) is 0 Å². The third-order valence-electron chi connectivity index (χ3n) is 4.99. The third-order valence-corrected chi connectivity index (χ3v) is 4.99. The number of pyridine rings is 1. The molecular formula is C20H32N4O2. The van der Waals surface area contributed by atoms with E-state index in [1.54, 1.807) is 0 Å². The summed E-state index contributed by atoms with van der Waals surface area (Å²) in [6, 6.07) is 3.99. The molecule has 1 saturated heterocycles. The number of ether oxygens (including phenoxy) is 1. The van der Waals surface area contributed by atoms with Gasteiger partial charge in [-0.1, -0.05) is 18.9 Å². The summed E-state index contributed by atoms with van der Waals surface area (Å²) in [5, 5.41) is 5.75. The Morgan fingerprint density at radius 1 is 1.15 bits per heavy atom. The predicted octanol–water partition coefficient (Wildman–Crippen LogP) is 3.08. The van der Waals surface area contributed by atoms with Gasteiger partial charge in [-0.2, -0.15) is 0 Å². The van der Waals surface area contributed by atoms with Gasteiger partial charge < -0.3 is 20.3 Å². The van der Waals surface area contributed by atoms with Crippen LogP contribution in [0.3, 0.4) is 0 Å². The minimum atomic E-state index is -0.135. The highest BCUT2D eigenvalue weighted by Gasteiger charge is 2.20. The molecule has 0 spiro atoms. The summed E-state index contributed by atoms with van der Waals surface area (Å²) < 4.78 is 5.55.